The van der Waals surface area contributed by atoms with Gasteiger partial charge in [0.1, 0.15) is 22.5 Å². The van der Waals surface area contributed by atoms with Crippen molar-refractivity contribution in [2.75, 3.05) is 6.54 Å². The normalized spacial score (nSPS) is 11.1. The molecule has 2 aromatic carbocycles. The summed E-state index contributed by atoms with van der Waals surface area (Å²) in [4.78, 5) is 19.1. The summed E-state index contributed by atoms with van der Waals surface area (Å²) in [5.41, 5.74) is 2.04. The number of amides is 1. The highest BCUT2D eigenvalue weighted by Gasteiger charge is 2.17. The zero-order valence-electron chi connectivity index (χ0n) is 15.1. The third-order valence-corrected chi connectivity index (χ3v) is 5.34. The summed E-state index contributed by atoms with van der Waals surface area (Å²) < 4.78 is 41.4. The first kappa shape index (κ1) is 19.2. The molecule has 0 saturated carbocycles. The van der Waals surface area contributed by atoms with E-state index in [2.05, 4.69) is 15.3 Å². The number of benzene rings is 2. The van der Waals surface area contributed by atoms with Crippen LogP contribution in [-0.4, -0.2) is 22.4 Å². The van der Waals surface area contributed by atoms with E-state index >= 15 is 0 Å². The van der Waals surface area contributed by atoms with Crippen molar-refractivity contribution in [2.24, 2.45) is 0 Å². The smallest absolute Gasteiger partial charge is 0.226 e. The summed E-state index contributed by atoms with van der Waals surface area (Å²) in [6.45, 7) is 0.281. The Hall–Kier alpha value is -3.13. The van der Waals surface area contributed by atoms with Gasteiger partial charge in [-0.05, 0) is 47.9 Å². The number of H-pyrrole nitrogens is 1. The summed E-state index contributed by atoms with van der Waals surface area (Å²) in [7, 11) is 0. The van der Waals surface area contributed by atoms with E-state index in [1.807, 2.05) is 0 Å². The van der Waals surface area contributed by atoms with Crippen molar-refractivity contribution in [1.29, 1.82) is 0 Å². The highest BCUT2D eigenvalue weighted by molar-refractivity contribution is 7.09. The Labute approximate surface area is 168 Å². The number of hydrogen-bond acceptors (Lipinski definition) is 3. The second-order valence-corrected chi connectivity index (χ2v) is 7.48. The Morgan fingerprint density at radius 1 is 1.10 bits per heavy atom. The van der Waals surface area contributed by atoms with Crippen LogP contribution in [0.1, 0.15) is 10.6 Å². The molecule has 1 amide bonds. The van der Waals surface area contributed by atoms with Crippen LogP contribution in [0.2, 0.25) is 0 Å². The fraction of sp³-hybridized carbons (Fsp3) is 0.143. The minimum absolute atomic E-state index is 0.176. The van der Waals surface area contributed by atoms with Crippen LogP contribution < -0.4 is 5.32 Å². The van der Waals surface area contributed by atoms with Gasteiger partial charge in [-0.1, -0.05) is 0 Å². The lowest BCUT2D eigenvalue weighted by Crippen LogP contribution is -2.27. The number of nitrogens with one attached hydrogen (secondary N) is 2. The molecule has 2 aromatic heterocycles. The molecule has 4 rings (SSSR count). The maximum Gasteiger partial charge on any atom is 0.226 e. The molecule has 0 bridgehead atoms. The van der Waals surface area contributed by atoms with Crippen molar-refractivity contribution >= 4 is 28.1 Å². The Kier molecular flexibility index (Phi) is 5.35. The first-order chi connectivity index (χ1) is 14.0. The van der Waals surface area contributed by atoms with Gasteiger partial charge in [0.2, 0.25) is 5.91 Å². The summed E-state index contributed by atoms with van der Waals surface area (Å²) in [6.07, 6.45) is 2.16. The van der Waals surface area contributed by atoms with Gasteiger partial charge in [0, 0.05) is 35.3 Å². The highest BCUT2D eigenvalue weighted by Crippen LogP contribution is 2.32. The molecule has 2 N–H and O–H groups in total. The van der Waals surface area contributed by atoms with E-state index in [-0.39, 0.29) is 24.4 Å². The van der Waals surface area contributed by atoms with Gasteiger partial charge in [0.25, 0.3) is 0 Å². The van der Waals surface area contributed by atoms with E-state index in [0.29, 0.717) is 33.6 Å². The Morgan fingerprint density at radius 3 is 2.62 bits per heavy atom. The lowest BCUT2D eigenvalue weighted by molar-refractivity contribution is -0.120. The molecule has 0 fully saturated rings. The summed E-state index contributed by atoms with van der Waals surface area (Å²) in [5.74, 6) is -1.96. The fourth-order valence-corrected chi connectivity index (χ4v) is 3.88. The van der Waals surface area contributed by atoms with Crippen LogP contribution in [0.3, 0.4) is 0 Å². The number of aromatic amines is 1. The minimum Gasteiger partial charge on any atom is -0.355 e. The maximum atomic E-state index is 14.3. The third kappa shape index (κ3) is 4.17. The average Bonchev–Trinajstić information content (AvgIpc) is 3.31. The fourth-order valence-electron chi connectivity index (χ4n) is 3.26. The standard InChI is InChI=1S/C21H16F3N3OS/c22-13-3-1-12(2-4-13)20-15(16-9-14(23)10-17(24)21(16)27-20)5-6-25-18(28)11-19-26-7-8-29-19/h1-4,7-10,27H,5-6,11H2,(H,25,28). The van der Waals surface area contributed by atoms with E-state index in [9.17, 15) is 18.0 Å². The SMILES string of the molecule is O=C(Cc1nccs1)NCCc1c(-c2ccc(F)cc2)[nH]c2c(F)cc(F)cc12. The van der Waals surface area contributed by atoms with Gasteiger partial charge < -0.3 is 10.3 Å². The van der Waals surface area contributed by atoms with Crippen LogP contribution in [0, 0.1) is 17.5 Å². The number of halogens is 3. The molecule has 8 heteroatoms. The molecule has 0 aliphatic carbocycles. The molecule has 148 valence electrons. The number of carbonyl (C=O) groups is 1. The highest BCUT2D eigenvalue weighted by atomic mass is 32.1. The topological polar surface area (TPSA) is 57.8 Å². The summed E-state index contributed by atoms with van der Waals surface area (Å²) in [5, 5.41) is 5.72. The van der Waals surface area contributed by atoms with Gasteiger partial charge in [0.05, 0.1) is 11.9 Å². The first-order valence-electron chi connectivity index (χ1n) is 8.92. The molecule has 0 atom stereocenters. The van der Waals surface area contributed by atoms with Crippen LogP contribution in [0.4, 0.5) is 13.2 Å². The quantitative estimate of drug-likeness (QED) is 0.483. The van der Waals surface area contributed by atoms with Crippen molar-refractivity contribution in [3.05, 3.63) is 76.0 Å². The van der Waals surface area contributed by atoms with E-state index < -0.39 is 17.5 Å². The molecule has 0 radical (unpaired) electrons. The molecule has 0 unspecified atom stereocenters. The van der Waals surface area contributed by atoms with Crippen molar-refractivity contribution in [2.45, 2.75) is 12.8 Å². The van der Waals surface area contributed by atoms with Crippen LogP contribution in [-0.2, 0) is 17.6 Å². The first-order valence-corrected chi connectivity index (χ1v) is 9.80. The molecule has 29 heavy (non-hydrogen) atoms. The van der Waals surface area contributed by atoms with Crippen LogP contribution in [0.15, 0.2) is 48.0 Å². The lowest BCUT2D eigenvalue weighted by atomic mass is 10.0. The second-order valence-electron chi connectivity index (χ2n) is 6.50. The molecule has 0 aliphatic heterocycles. The molecule has 0 spiro atoms. The summed E-state index contributed by atoms with van der Waals surface area (Å²) >= 11 is 1.40. The number of nitrogens with zero attached hydrogens (tertiary/aromatic N) is 1. The molecular formula is C21H16F3N3OS. The second kappa shape index (κ2) is 8.08. The van der Waals surface area contributed by atoms with Gasteiger partial charge >= 0.3 is 0 Å². The van der Waals surface area contributed by atoms with Crippen LogP contribution >= 0.6 is 11.3 Å². The molecule has 0 aliphatic rings. The zero-order chi connectivity index (χ0) is 20.4. The number of hydrogen-bond donors (Lipinski definition) is 2. The number of thiazole rings is 1. The number of rotatable bonds is 6. The number of aromatic nitrogens is 2. The zero-order valence-corrected chi connectivity index (χ0v) is 16.0. The Morgan fingerprint density at radius 2 is 1.90 bits per heavy atom. The van der Waals surface area contributed by atoms with Crippen LogP contribution in [0.25, 0.3) is 22.2 Å². The van der Waals surface area contributed by atoms with Gasteiger partial charge in [-0.15, -0.1) is 11.3 Å². The number of carbonyl (C=O) groups excluding carboxylic acids is 1. The monoisotopic (exact) mass is 415 g/mol. The molecular weight excluding hydrogens is 399 g/mol. The maximum absolute atomic E-state index is 14.3. The van der Waals surface area contributed by atoms with E-state index in [1.165, 1.54) is 29.5 Å². The van der Waals surface area contributed by atoms with Crippen molar-refractivity contribution in [3.8, 4) is 11.3 Å². The minimum atomic E-state index is -0.706. The summed E-state index contributed by atoms with van der Waals surface area (Å²) in [6, 6.07) is 7.81. The number of fused-ring (bicyclic) bond motifs is 1. The van der Waals surface area contributed by atoms with Crippen molar-refractivity contribution < 1.29 is 18.0 Å². The average molecular weight is 415 g/mol. The van der Waals surface area contributed by atoms with E-state index in [4.69, 9.17) is 0 Å². The molecule has 0 saturated heterocycles. The largest absolute Gasteiger partial charge is 0.355 e. The Balaban J connectivity index is 1.61. The molecule has 4 aromatic rings. The molecule has 2 heterocycles. The predicted octanol–water partition coefficient (Wildman–Crippen LogP) is 4.61. The van der Waals surface area contributed by atoms with Crippen molar-refractivity contribution in [3.63, 3.8) is 0 Å². The van der Waals surface area contributed by atoms with E-state index in [1.54, 1.807) is 23.7 Å². The molecule has 4 nitrogen and oxygen atoms in total. The van der Waals surface area contributed by atoms with E-state index in [0.717, 1.165) is 6.07 Å². The third-order valence-electron chi connectivity index (χ3n) is 4.56. The lowest BCUT2D eigenvalue weighted by Gasteiger charge is -2.07. The van der Waals surface area contributed by atoms with Gasteiger partial charge in [-0.3, -0.25) is 4.79 Å². The van der Waals surface area contributed by atoms with Crippen molar-refractivity contribution in [1.82, 2.24) is 15.3 Å². The van der Waals surface area contributed by atoms with Gasteiger partial charge in [0.15, 0.2) is 0 Å². The Bertz CT molecular complexity index is 1150. The predicted molar refractivity (Wildman–Crippen MR) is 106 cm³/mol. The van der Waals surface area contributed by atoms with Gasteiger partial charge in [-0.2, -0.15) is 0 Å². The van der Waals surface area contributed by atoms with Crippen LogP contribution in [0.5, 0.6) is 0 Å². The van der Waals surface area contributed by atoms with Gasteiger partial charge in [-0.25, -0.2) is 18.2 Å².